The number of fused-ring (bicyclic) bond motifs is 1. The summed E-state index contributed by atoms with van der Waals surface area (Å²) in [6.45, 7) is 1.80. The molecule has 0 aliphatic heterocycles. The number of halogens is 1. The average Bonchev–Trinajstić information content (AvgIpc) is 2.85. The molecule has 0 spiro atoms. The molecule has 4 aromatic rings. The third kappa shape index (κ3) is 4.49. The maximum absolute atomic E-state index is 14.6. The van der Waals surface area contributed by atoms with Crippen molar-refractivity contribution in [3.05, 3.63) is 125 Å². The third-order valence-electron chi connectivity index (χ3n) is 6.48. The van der Waals surface area contributed by atoms with E-state index < -0.39 is 5.95 Å². The molecule has 1 aliphatic rings. The molecule has 0 radical (unpaired) electrons. The van der Waals surface area contributed by atoms with E-state index in [1.54, 1.807) is 0 Å². The van der Waals surface area contributed by atoms with Crippen molar-refractivity contribution in [3.8, 4) is 11.1 Å². The zero-order valence-electron chi connectivity index (χ0n) is 18.1. The fourth-order valence-corrected chi connectivity index (χ4v) is 4.87. The van der Waals surface area contributed by atoms with Crippen LogP contribution in [0, 0.1) is 5.95 Å². The lowest BCUT2D eigenvalue weighted by molar-refractivity contribution is 0.162. The minimum atomic E-state index is -0.395. The summed E-state index contributed by atoms with van der Waals surface area (Å²) >= 11 is 0. The maximum Gasteiger partial charge on any atom is 0.220 e. The Hall–Kier alpha value is -3.30. The van der Waals surface area contributed by atoms with Crippen LogP contribution >= 0.6 is 0 Å². The highest BCUT2D eigenvalue weighted by molar-refractivity contribution is 5.69. The Morgan fingerprint density at radius 3 is 2.06 bits per heavy atom. The highest BCUT2D eigenvalue weighted by atomic mass is 19.1. The summed E-state index contributed by atoms with van der Waals surface area (Å²) in [5, 5.41) is 0. The van der Waals surface area contributed by atoms with Gasteiger partial charge in [-0.2, -0.15) is 4.39 Å². The zero-order valence-corrected chi connectivity index (χ0v) is 18.1. The topological polar surface area (TPSA) is 16.1 Å². The lowest BCUT2D eigenvalue weighted by atomic mass is 9.83. The number of hydrogen-bond acceptors (Lipinski definition) is 2. The van der Waals surface area contributed by atoms with Crippen molar-refractivity contribution in [2.45, 2.75) is 38.4 Å². The smallest absolute Gasteiger partial charge is 0.220 e. The molecule has 0 saturated carbocycles. The highest BCUT2D eigenvalue weighted by Gasteiger charge is 2.27. The summed E-state index contributed by atoms with van der Waals surface area (Å²) in [5.41, 5.74) is 6.82. The molecule has 160 valence electrons. The van der Waals surface area contributed by atoms with Gasteiger partial charge in [-0.15, -0.1) is 0 Å². The fraction of sp³-hybridized carbons (Fsp3) is 0.207. The van der Waals surface area contributed by atoms with Crippen LogP contribution in [0.4, 0.5) is 4.39 Å². The first kappa shape index (κ1) is 20.6. The van der Waals surface area contributed by atoms with Gasteiger partial charge in [-0.1, -0.05) is 78.9 Å². The van der Waals surface area contributed by atoms with Gasteiger partial charge in [0.25, 0.3) is 0 Å². The van der Waals surface area contributed by atoms with E-state index in [1.807, 2.05) is 24.3 Å². The summed E-state index contributed by atoms with van der Waals surface area (Å²) in [6.07, 6.45) is 4.54. The van der Waals surface area contributed by atoms with Crippen molar-refractivity contribution in [1.82, 2.24) is 9.88 Å². The van der Waals surface area contributed by atoms with Gasteiger partial charge >= 0.3 is 0 Å². The highest BCUT2D eigenvalue weighted by Crippen LogP contribution is 2.34. The van der Waals surface area contributed by atoms with Crippen molar-refractivity contribution in [2.75, 3.05) is 0 Å². The maximum atomic E-state index is 14.6. The van der Waals surface area contributed by atoms with E-state index in [0.29, 0.717) is 11.6 Å². The van der Waals surface area contributed by atoms with Gasteiger partial charge in [0, 0.05) is 30.9 Å². The summed E-state index contributed by atoms with van der Waals surface area (Å²) in [7, 11) is 0. The van der Waals surface area contributed by atoms with E-state index >= 15 is 0 Å². The largest absolute Gasteiger partial charge is 0.292 e. The molecule has 0 amide bonds. The molecule has 0 saturated heterocycles. The molecule has 5 rings (SSSR count). The van der Waals surface area contributed by atoms with Gasteiger partial charge < -0.3 is 0 Å². The Labute approximate surface area is 189 Å². The van der Waals surface area contributed by atoms with Gasteiger partial charge in [0.1, 0.15) is 0 Å². The van der Waals surface area contributed by atoms with E-state index in [2.05, 4.69) is 76.6 Å². The van der Waals surface area contributed by atoms with Gasteiger partial charge in [0.05, 0.1) is 0 Å². The van der Waals surface area contributed by atoms with E-state index in [9.17, 15) is 4.39 Å². The Balaban J connectivity index is 1.47. The molecule has 32 heavy (non-hydrogen) atoms. The van der Waals surface area contributed by atoms with Crippen LogP contribution in [0.2, 0.25) is 0 Å². The Morgan fingerprint density at radius 2 is 1.41 bits per heavy atom. The number of benzene rings is 3. The van der Waals surface area contributed by atoms with Crippen LogP contribution in [0.3, 0.4) is 0 Å². The summed E-state index contributed by atoms with van der Waals surface area (Å²) in [5.74, 6) is -0.395. The standard InChI is InChI=1S/C29H27FN2/c30-29-27(15-8-18-31-29)26-14-7-13-24-16-17-25(19-28(24)26)32(20-22-9-3-1-4-10-22)21-23-11-5-2-6-12-23/h1-15,18,25H,16-17,19-21H2/t25-/m1/s1. The van der Waals surface area contributed by atoms with Gasteiger partial charge in [-0.25, -0.2) is 4.98 Å². The van der Waals surface area contributed by atoms with Gasteiger partial charge in [-0.3, -0.25) is 4.90 Å². The van der Waals surface area contributed by atoms with Crippen molar-refractivity contribution in [1.29, 1.82) is 0 Å². The minimum Gasteiger partial charge on any atom is -0.292 e. The van der Waals surface area contributed by atoms with Crippen molar-refractivity contribution in [2.24, 2.45) is 0 Å². The molecule has 1 aliphatic carbocycles. The third-order valence-corrected chi connectivity index (χ3v) is 6.48. The molecule has 1 aromatic heterocycles. The van der Waals surface area contributed by atoms with Crippen LogP contribution in [0.5, 0.6) is 0 Å². The molecule has 1 atom stereocenters. The lowest BCUT2D eigenvalue weighted by Gasteiger charge is -2.36. The summed E-state index contributed by atoms with van der Waals surface area (Å²) in [4.78, 5) is 6.48. The van der Waals surface area contributed by atoms with E-state index in [1.165, 1.54) is 28.5 Å². The van der Waals surface area contributed by atoms with Crippen molar-refractivity contribution in [3.63, 3.8) is 0 Å². The van der Waals surface area contributed by atoms with Gasteiger partial charge in [0.15, 0.2) is 0 Å². The quantitative estimate of drug-likeness (QED) is 0.332. The molecule has 1 heterocycles. The first-order valence-corrected chi connectivity index (χ1v) is 11.3. The predicted octanol–water partition coefficient (Wildman–Crippen LogP) is 6.45. The molecule has 0 unspecified atom stereocenters. The van der Waals surface area contributed by atoms with Crippen molar-refractivity contribution >= 4 is 0 Å². The SMILES string of the molecule is Fc1ncccc1-c1cccc2c1C[C@H](N(Cc1ccccc1)Cc1ccccc1)CC2. The van der Waals surface area contributed by atoms with Gasteiger partial charge in [0.2, 0.25) is 5.95 Å². The van der Waals surface area contributed by atoms with Crippen LogP contribution < -0.4 is 0 Å². The van der Waals surface area contributed by atoms with Crippen LogP contribution in [0.25, 0.3) is 11.1 Å². The second kappa shape index (κ2) is 9.46. The molecule has 3 aromatic carbocycles. The molecule has 2 nitrogen and oxygen atoms in total. The van der Waals surface area contributed by atoms with Gasteiger partial charge in [-0.05, 0) is 59.2 Å². The monoisotopic (exact) mass is 422 g/mol. The summed E-state index contributed by atoms with van der Waals surface area (Å²) < 4.78 is 14.6. The number of nitrogens with zero attached hydrogens (tertiary/aromatic N) is 2. The molecule has 3 heteroatoms. The molecule has 0 N–H and O–H groups in total. The predicted molar refractivity (Wildman–Crippen MR) is 128 cm³/mol. The van der Waals surface area contributed by atoms with Crippen LogP contribution in [0.1, 0.15) is 28.7 Å². The summed E-state index contributed by atoms with van der Waals surface area (Å²) in [6, 6.07) is 31.7. The number of aromatic nitrogens is 1. The second-order valence-corrected chi connectivity index (χ2v) is 8.56. The van der Waals surface area contributed by atoms with E-state index in [-0.39, 0.29) is 0 Å². The first-order valence-electron chi connectivity index (χ1n) is 11.3. The van der Waals surface area contributed by atoms with E-state index in [4.69, 9.17) is 0 Å². The lowest BCUT2D eigenvalue weighted by Crippen LogP contribution is -2.38. The number of hydrogen-bond donors (Lipinski definition) is 0. The molecule has 0 bridgehead atoms. The first-order chi connectivity index (χ1) is 15.8. The van der Waals surface area contributed by atoms with Crippen molar-refractivity contribution < 1.29 is 4.39 Å². The average molecular weight is 423 g/mol. The Bertz CT molecular complexity index is 1130. The van der Waals surface area contributed by atoms with Crippen LogP contribution in [-0.4, -0.2) is 15.9 Å². The Kier molecular flexibility index (Phi) is 6.09. The van der Waals surface area contributed by atoms with Crippen LogP contribution in [0.15, 0.2) is 97.2 Å². The fourth-order valence-electron chi connectivity index (χ4n) is 4.87. The second-order valence-electron chi connectivity index (χ2n) is 8.56. The van der Waals surface area contributed by atoms with Crippen LogP contribution in [-0.2, 0) is 25.9 Å². The molecular formula is C29H27FN2. The number of pyridine rings is 1. The number of aryl methyl sites for hydroxylation is 1. The molecular weight excluding hydrogens is 395 g/mol. The normalized spacial score (nSPS) is 15.5. The number of rotatable bonds is 6. The molecule has 0 fully saturated rings. The Morgan fingerprint density at radius 1 is 0.750 bits per heavy atom. The van der Waals surface area contributed by atoms with E-state index in [0.717, 1.165) is 37.9 Å². The zero-order chi connectivity index (χ0) is 21.8. The minimum absolute atomic E-state index is 0.392.